The van der Waals surface area contributed by atoms with E-state index in [9.17, 15) is 4.79 Å². The lowest BCUT2D eigenvalue weighted by Gasteiger charge is -2.21. The molecule has 1 aromatic carbocycles. The third-order valence-electron chi connectivity index (χ3n) is 3.81. The minimum absolute atomic E-state index is 0.0154. The summed E-state index contributed by atoms with van der Waals surface area (Å²) >= 11 is 7.55. The summed E-state index contributed by atoms with van der Waals surface area (Å²) in [6, 6.07) is 5.39. The van der Waals surface area contributed by atoms with Crippen LogP contribution in [0.1, 0.15) is 19.3 Å². The summed E-state index contributed by atoms with van der Waals surface area (Å²) in [6.45, 7) is 0.894. The van der Waals surface area contributed by atoms with Crippen LogP contribution in [0.15, 0.2) is 23.6 Å². The lowest BCUT2D eigenvalue weighted by atomic mass is 10.0. The molecular weight excluding hydrogens is 334 g/mol. The number of nitrogens with zero attached hydrogens (tertiary/aromatic N) is 1. The van der Waals surface area contributed by atoms with Gasteiger partial charge < -0.3 is 15.4 Å². The fourth-order valence-electron chi connectivity index (χ4n) is 2.56. The molecule has 2 heterocycles. The number of aromatic nitrogens is 1. The van der Waals surface area contributed by atoms with E-state index >= 15 is 0 Å². The van der Waals surface area contributed by atoms with Gasteiger partial charge in [-0.25, -0.2) is 4.98 Å². The summed E-state index contributed by atoms with van der Waals surface area (Å²) in [6.07, 6.45) is 3.08. The van der Waals surface area contributed by atoms with Gasteiger partial charge in [0.15, 0.2) is 5.13 Å². The van der Waals surface area contributed by atoms with Gasteiger partial charge in [0.2, 0.25) is 5.91 Å². The molecule has 7 heteroatoms. The van der Waals surface area contributed by atoms with Crippen molar-refractivity contribution in [1.29, 1.82) is 0 Å². The summed E-state index contributed by atoms with van der Waals surface area (Å²) in [5, 5.41) is 9.16. The molecule has 23 heavy (non-hydrogen) atoms. The van der Waals surface area contributed by atoms with Gasteiger partial charge in [0, 0.05) is 10.9 Å². The molecule has 1 atom stereocenters. The number of anilines is 1. The van der Waals surface area contributed by atoms with Crippen LogP contribution in [0.5, 0.6) is 5.75 Å². The molecule has 1 aromatic heterocycles. The molecular formula is C16H18ClN3O2S. The van der Waals surface area contributed by atoms with Gasteiger partial charge in [-0.3, -0.25) is 4.79 Å². The number of amides is 1. The molecule has 122 valence electrons. The van der Waals surface area contributed by atoms with Crippen molar-refractivity contribution in [2.45, 2.75) is 25.3 Å². The van der Waals surface area contributed by atoms with Crippen LogP contribution < -0.4 is 15.4 Å². The summed E-state index contributed by atoms with van der Waals surface area (Å²) in [5.41, 5.74) is 1.68. The number of carbonyl (C=O) groups is 1. The number of thiazole rings is 1. The lowest BCUT2D eigenvalue weighted by Crippen LogP contribution is -2.43. The second-order valence-electron chi connectivity index (χ2n) is 5.38. The molecule has 3 rings (SSSR count). The maximum absolute atomic E-state index is 12.2. The van der Waals surface area contributed by atoms with Gasteiger partial charge in [-0.05, 0) is 37.6 Å². The zero-order valence-electron chi connectivity index (χ0n) is 12.8. The van der Waals surface area contributed by atoms with Crippen molar-refractivity contribution in [2.24, 2.45) is 0 Å². The highest BCUT2D eigenvalue weighted by Crippen LogP contribution is 2.31. The summed E-state index contributed by atoms with van der Waals surface area (Å²) in [5.74, 6) is 0.612. The van der Waals surface area contributed by atoms with Crippen LogP contribution in [0.3, 0.4) is 0 Å². The molecule has 1 fully saturated rings. The molecule has 0 bridgehead atoms. The van der Waals surface area contributed by atoms with E-state index < -0.39 is 0 Å². The van der Waals surface area contributed by atoms with Crippen LogP contribution in [0.25, 0.3) is 11.3 Å². The van der Waals surface area contributed by atoms with E-state index in [1.165, 1.54) is 11.3 Å². The predicted octanol–water partition coefficient (Wildman–Crippen LogP) is 3.55. The van der Waals surface area contributed by atoms with Crippen molar-refractivity contribution in [3.05, 3.63) is 28.6 Å². The highest BCUT2D eigenvalue weighted by molar-refractivity contribution is 7.14. The summed E-state index contributed by atoms with van der Waals surface area (Å²) in [4.78, 5) is 16.7. The first-order chi connectivity index (χ1) is 11.2. The smallest absolute Gasteiger partial charge is 0.243 e. The summed E-state index contributed by atoms with van der Waals surface area (Å²) < 4.78 is 5.15. The Labute approximate surface area is 144 Å². The lowest BCUT2D eigenvalue weighted by molar-refractivity contribution is -0.118. The van der Waals surface area contributed by atoms with Crippen molar-refractivity contribution in [3.63, 3.8) is 0 Å². The minimum atomic E-state index is -0.119. The number of methoxy groups -OCH3 is 1. The molecule has 2 aromatic rings. The largest absolute Gasteiger partial charge is 0.495 e. The number of carbonyl (C=O) groups excluding carboxylic acids is 1. The number of ether oxygens (including phenoxy) is 1. The van der Waals surface area contributed by atoms with Crippen molar-refractivity contribution in [3.8, 4) is 17.0 Å². The van der Waals surface area contributed by atoms with Gasteiger partial charge >= 0.3 is 0 Å². The molecule has 2 N–H and O–H groups in total. The molecule has 1 aliphatic heterocycles. The second kappa shape index (κ2) is 7.29. The molecule has 5 nitrogen and oxygen atoms in total. The Morgan fingerprint density at radius 1 is 1.48 bits per heavy atom. The van der Waals surface area contributed by atoms with Crippen LogP contribution in [0.2, 0.25) is 5.02 Å². The van der Waals surface area contributed by atoms with Crippen molar-refractivity contribution in [2.75, 3.05) is 19.0 Å². The van der Waals surface area contributed by atoms with Gasteiger partial charge in [-0.15, -0.1) is 11.3 Å². The van der Waals surface area contributed by atoms with Crippen LogP contribution in [0.4, 0.5) is 5.13 Å². The van der Waals surface area contributed by atoms with Crippen LogP contribution >= 0.6 is 22.9 Å². The van der Waals surface area contributed by atoms with Crippen LogP contribution in [-0.2, 0) is 4.79 Å². The Morgan fingerprint density at radius 3 is 3.04 bits per heavy atom. The van der Waals surface area contributed by atoms with Crippen molar-refractivity contribution >= 4 is 34.0 Å². The van der Waals surface area contributed by atoms with Gasteiger partial charge in [0.05, 0.1) is 23.9 Å². The molecule has 1 amide bonds. The number of halogens is 1. The van der Waals surface area contributed by atoms with E-state index in [-0.39, 0.29) is 11.9 Å². The molecule has 0 saturated carbocycles. The Balaban J connectivity index is 1.70. The maximum atomic E-state index is 12.2. The fourth-order valence-corrected chi connectivity index (χ4v) is 3.54. The van der Waals surface area contributed by atoms with E-state index in [1.54, 1.807) is 13.2 Å². The first-order valence-electron chi connectivity index (χ1n) is 7.51. The molecule has 0 spiro atoms. The van der Waals surface area contributed by atoms with E-state index in [0.29, 0.717) is 15.9 Å². The van der Waals surface area contributed by atoms with E-state index in [2.05, 4.69) is 15.6 Å². The number of hydrogen-bond acceptors (Lipinski definition) is 5. The van der Waals surface area contributed by atoms with Gasteiger partial charge in [-0.1, -0.05) is 18.0 Å². The fraction of sp³-hybridized carbons (Fsp3) is 0.375. The topological polar surface area (TPSA) is 63.2 Å². The van der Waals surface area contributed by atoms with Gasteiger partial charge in [-0.2, -0.15) is 0 Å². The average molecular weight is 352 g/mol. The number of hydrogen-bond donors (Lipinski definition) is 2. The van der Waals surface area contributed by atoms with Gasteiger partial charge in [0.1, 0.15) is 5.75 Å². The SMILES string of the molecule is COc1ccc(-c2csc(NC(=O)C3CCCCN3)n2)cc1Cl. The first-order valence-corrected chi connectivity index (χ1v) is 8.77. The molecule has 0 aliphatic carbocycles. The number of benzene rings is 1. The zero-order chi connectivity index (χ0) is 16.2. The molecule has 0 radical (unpaired) electrons. The molecule has 1 unspecified atom stereocenters. The molecule has 1 aliphatic rings. The summed E-state index contributed by atoms with van der Waals surface area (Å²) in [7, 11) is 1.58. The second-order valence-corrected chi connectivity index (χ2v) is 6.64. The molecule has 1 saturated heterocycles. The van der Waals surface area contributed by atoms with Crippen molar-refractivity contribution < 1.29 is 9.53 Å². The van der Waals surface area contributed by atoms with Crippen LogP contribution in [0, 0.1) is 0 Å². The van der Waals surface area contributed by atoms with E-state index in [1.807, 2.05) is 17.5 Å². The van der Waals surface area contributed by atoms with E-state index in [0.717, 1.165) is 37.1 Å². The highest BCUT2D eigenvalue weighted by atomic mass is 35.5. The Hall–Kier alpha value is -1.63. The monoisotopic (exact) mass is 351 g/mol. The average Bonchev–Trinajstić information content (AvgIpc) is 3.04. The zero-order valence-corrected chi connectivity index (χ0v) is 14.3. The van der Waals surface area contributed by atoms with Gasteiger partial charge in [0.25, 0.3) is 0 Å². The maximum Gasteiger partial charge on any atom is 0.243 e. The predicted molar refractivity (Wildman–Crippen MR) is 93.4 cm³/mol. The normalized spacial score (nSPS) is 17.7. The van der Waals surface area contributed by atoms with Crippen molar-refractivity contribution in [1.82, 2.24) is 10.3 Å². The first kappa shape index (κ1) is 16.2. The third kappa shape index (κ3) is 3.83. The van der Waals surface area contributed by atoms with E-state index in [4.69, 9.17) is 16.3 Å². The Morgan fingerprint density at radius 2 is 2.35 bits per heavy atom. The quantitative estimate of drug-likeness (QED) is 0.884. The Bertz CT molecular complexity index is 698. The highest BCUT2D eigenvalue weighted by Gasteiger charge is 2.21. The standard InChI is InChI=1S/C16H18ClN3O2S/c1-22-14-6-5-10(8-11(14)17)13-9-23-16(19-13)20-15(21)12-4-2-3-7-18-12/h5-6,8-9,12,18H,2-4,7H2,1H3,(H,19,20,21). The number of piperidine rings is 1. The Kier molecular flexibility index (Phi) is 5.15. The minimum Gasteiger partial charge on any atom is -0.495 e. The van der Waals surface area contributed by atoms with Crippen LogP contribution in [-0.4, -0.2) is 30.6 Å². The number of rotatable bonds is 4. The number of nitrogens with one attached hydrogen (secondary N) is 2. The third-order valence-corrected chi connectivity index (χ3v) is 4.86.